The number of hydrogen-bond donors (Lipinski definition) is 3. The van der Waals surface area contributed by atoms with Gasteiger partial charge in [0.05, 0.1) is 6.61 Å². The molecule has 19 heavy (non-hydrogen) atoms. The molecule has 106 valence electrons. The van der Waals surface area contributed by atoms with E-state index in [2.05, 4.69) is 20.6 Å². The molecule has 1 heterocycles. The van der Waals surface area contributed by atoms with Crippen molar-refractivity contribution in [1.29, 1.82) is 0 Å². The zero-order valence-electron chi connectivity index (χ0n) is 11.4. The Morgan fingerprint density at radius 3 is 2.89 bits per heavy atom. The van der Waals surface area contributed by atoms with Crippen LogP contribution >= 0.6 is 0 Å². The third kappa shape index (κ3) is 5.09. The highest BCUT2D eigenvalue weighted by Gasteiger charge is 2.07. The number of carbonyl (C=O) groups excluding carboxylic acids is 1. The van der Waals surface area contributed by atoms with E-state index in [1.807, 2.05) is 6.92 Å². The van der Waals surface area contributed by atoms with Crippen molar-refractivity contribution in [2.24, 2.45) is 0 Å². The molecule has 7 nitrogen and oxygen atoms in total. The summed E-state index contributed by atoms with van der Waals surface area (Å²) in [6, 6.07) is 0. The lowest BCUT2D eigenvalue weighted by Gasteiger charge is -2.11. The number of nitrogens with two attached hydrogens (primary N) is 1. The molecule has 0 aromatic carbocycles. The van der Waals surface area contributed by atoms with Crippen LogP contribution < -0.4 is 16.4 Å². The molecular weight excluding hydrogens is 246 g/mol. The lowest BCUT2D eigenvalue weighted by Crippen LogP contribution is -2.28. The van der Waals surface area contributed by atoms with E-state index >= 15 is 0 Å². The lowest BCUT2D eigenvalue weighted by molar-refractivity contribution is -0.121. The topological polar surface area (TPSA) is 102 Å². The first-order chi connectivity index (χ1) is 9.19. The molecule has 1 aromatic rings. The van der Waals surface area contributed by atoms with E-state index in [0.717, 1.165) is 12.0 Å². The van der Waals surface area contributed by atoms with Crippen LogP contribution in [0.3, 0.4) is 0 Å². The maximum absolute atomic E-state index is 11.5. The normalized spacial score (nSPS) is 10.2. The van der Waals surface area contributed by atoms with Crippen LogP contribution in [0.15, 0.2) is 6.33 Å². The monoisotopic (exact) mass is 267 g/mol. The van der Waals surface area contributed by atoms with Crippen LogP contribution in [0.1, 0.15) is 18.9 Å². The first-order valence-corrected chi connectivity index (χ1v) is 6.27. The summed E-state index contributed by atoms with van der Waals surface area (Å²) < 4.78 is 4.85. The van der Waals surface area contributed by atoms with E-state index in [9.17, 15) is 4.79 Å². The minimum absolute atomic E-state index is 0.0235. The van der Waals surface area contributed by atoms with Gasteiger partial charge in [0, 0.05) is 32.2 Å². The third-order valence-electron chi connectivity index (χ3n) is 2.61. The van der Waals surface area contributed by atoms with Gasteiger partial charge in [-0.1, -0.05) is 6.92 Å². The number of methoxy groups -OCH3 is 1. The average Bonchev–Trinajstić information content (AvgIpc) is 2.39. The van der Waals surface area contributed by atoms with Crippen LogP contribution in [-0.2, 0) is 16.0 Å². The van der Waals surface area contributed by atoms with Gasteiger partial charge in [0.2, 0.25) is 5.91 Å². The molecule has 0 aliphatic carbocycles. The van der Waals surface area contributed by atoms with Gasteiger partial charge in [-0.2, -0.15) is 0 Å². The van der Waals surface area contributed by atoms with Gasteiger partial charge in [0.1, 0.15) is 18.0 Å². The lowest BCUT2D eigenvalue weighted by atomic mass is 10.2. The highest BCUT2D eigenvalue weighted by atomic mass is 16.5. The summed E-state index contributed by atoms with van der Waals surface area (Å²) in [7, 11) is 1.60. The second-order valence-corrected chi connectivity index (χ2v) is 3.96. The standard InChI is InChI=1S/C12H21N5O2/c1-3-9-11(13)16-8-17-12(9)15-5-4-10(18)14-6-7-19-2/h8H,3-7H2,1-2H3,(H,14,18)(H3,13,15,16,17). The smallest absolute Gasteiger partial charge is 0.221 e. The number of nitrogen functional groups attached to an aromatic ring is 1. The molecule has 4 N–H and O–H groups in total. The Morgan fingerprint density at radius 2 is 2.21 bits per heavy atom. The van der Waals surface area contributed by atoms with Gasteiger partial charge in [-0.25, -0.2) is 9.97 Å². The van der Waals surface area contributed by atoms with E-state index in [4.69, 9.17) is 10.5 Å². The molecule has 1 amide bonds. The van der Waals surface area contributed by atoms with E-state index in [-0.39, 0.29) is 5.91 Å². The predicted molar refractivity (Wildman–Crippen MR) is 73.8 cm³/mol. The van der Waals surface area contributed by atoms with Crippen molar-refractivity contribution in [2.45, 2.75) is 19.8 Å². The highest BCUT2D eigenvalue weighted by molar-refractivity contribution is 5.76. The minimum Gasteiger partial charge on any atom is -0.383 e. The largest absolute Gasteiger partial charge is 0.383 e. The van der Waals surface area contributed by atoms with E-state index in [1.165, 1.54) is 6.33 Å². The summed E-state index contributed by atoms with van der Waals surface area (Å²) in [6.45, 7) is 3.53. The molecular formula is C12H21N5O2. The number of ether oxygens (including phenoxy) is 1. The number of rotatable bonds is 8. The van der Waals surface area contributed by atoms with Gasteiger partial charge in [-0.15, -0.1) is 0 Å². The summed E-state index contributed by atoms with van der Waals surface area (Å²) in [5, 5.41) is 5.85. The van der Waals surface area contributed by atoms with Crippen molar-refractivity contribution in [2.75, 3.05) is 37.9 Å². The molecule has 0 saturated carbocycles. The Balaban J connectivity index is 2.37. The van der Waals surface area contributed by atoms with Crippen molar-refractivity contribution in [3.05, 3.63) is 11.9 Å². The number of hydrogen-bond acceptors (Lipinski definition) is 6. The second kappa shape index (κ2) is 8.25. The fourth-order valence-corrected chi connectivity index (χ4v) is 1.60. The van der Waals surface area contributed by atoms with Gasteiger partial charge >= 0.3 is 0 Å². The van der Waals surface area contributed by atoms with Crippen LogP contribution in [0.2, 0.25) is 0 Å². The van der Waals surface area contributed by atoms with Crippen LogP contribution in [-0.4, -0.2) is 42.7 Å². The SMILES string of the molecule is CCc1c(N)ncnc1NCCC(=O)NCCOC. The van der Waals surface area contributed by atoms with Gasteiger partial charge < -0.3 is 21.1 Å². The molecule has 1 rings (SSSR count). The van der Waals surface area contributed by atoms with Crippen molar-refractivity contribution in [3.63, 3.8) is 0 Å². The number of aromatic nitrogens is 2. The van der Waals surface area contributed by atoms with E-state index < -0.39 is 0 Å². The van der Waals surface area contributed by atoms with E-state index in [1.54, 1.807) is 7.11 Å². The second-order valence-electron chi connectivity index (χ2n) is 3.96. The van der Waals surface area contributed by atoms with Crippen LogP contribution in [0, 0.1) is 0 Å². The number of nitrogens with one attached hydrogen (secondary N) is 2. The van der Waals surface area contributed by atoms with Crippen LogP contribution in [0.4, 0.5) is 11.6 Å². The summed E-state index contributed by atoms with van der Waals surface area (Å²) in [4.78, 5) is 19.5. The average molecular weight is 267 g/mol. The van der Waals surface area contributed by atoms with Crippen LogP contribution in [0.5, 0.6) is 0 Å². The Labute approximate surface area is 113 Å². The van der Waals surface area contributed by atoms with Crippen molar-refractivity contribution < 1.29 is 9.53 Å². The summed E-state index contributed by atoms with van der Waals surface area (Å²) in [5.74, 6) is 1.15. The number of nitrogens with zero attached hydrogens (tertiary/aromatic N) is 2. The first-order valence-electron chi connectivity index (χ1n) is 6.27. The van der Waals surface area contributed by atoms with E-state index in [0.29, 0.717) is 37.8 Å². The van der Waals surface area contributed by atoms with Crippen LogP contribution in [0.25, 0.3) is 0 Å². The Morgan fingerprint density at radius 1 is 1.42 bits per heavy atom. The maximum atomic E-state index is 11.5. The molecule has 0 aliphatic rings. The van der Waals surface area contributed by atoms with Gasteiger partial charge in [0.15, 0.2) is 0 Å². The summed E-state index contributed by atoms with van der Waals surface area (Å²) >= 11 is 0. The molecule has 0 fully saturated rings. The number of carbonyl (C=O) groups is 1. The van der Waals surface area contributed by atoms with Crippen molar-refractivity contribution in [3.8, 4) is 0 Å². The molecule has 0 spiro atoms. The molecule has 0 bridgehead atoms. The van der Waals surface area contributed by atoms with Crippen molar-refractivity contribution >= 4 is 17.5 Å². The quantitative estimate of drug-likeness (QED) is 0.581. The fourth-order valence-electron chi connectivity index (χ4n) is 1.60. The summed E-state index contributed by atoms with van der Waals surface area (Å²) in [5.41, 5.74) is 6.64. The zero-order valence-corrected chi connectivity index (χ0v) is 11.4. The molecule has 0 saturated heterocycles. The first kappa shape index (κ1) is 15.2. The molecule has 1 aromatic heterocycles. The fraction of sp³-hybridized carbons (Fsp3) is 0.583. The number of amides is 1. The molecule has 0 atom stereocenters. The Kier molecular flexibility index (Phi) is 6.59. The molecule has 0 aliphatic heterocycles. The molecule has 0 radical (unpaired) electrons. The highest BCUT2D eigenvalue weighted by Crippen LogP contribution is 2.17. The van der Waals surface area contributed by atoms with Gasteiger partial charge in [-0.05, 0) is 6.42 Å². The predicted octanol–water partition coefficient (Wildman–Crippen LogP) is 0.186. The zero-order chi connectivity index (χ0) is 14.1. The van der Waals surface area contributed by atoms with Gasteiger partial charge in [0.25, 0.3) is 0 Å². The third-order valence-corrected chi connectivity index (χ3v) is 2.61. The van der Waals surface area contributed by atoms with Gasteiger partial charge in [-0.3, -0.25) is 4.79 Å². The molecule has 0 unspecified atom stereocenters. The minimum atomic E-state index is -0.0235. The summed E-state index contributed by atoms with van der Waals surface area (Å²) in [6.07, 6.45) is 2.53. The Hall–Kier alpha value is -1.89. The molecule has 7 heteroatoms. The maximum Gasteiger partial charge on any atom is 0.221 e. The number of anilines is 2. The Bertz CT molecular complexity index is 411. The van der Waals surface area contributed by atoms with Crippen molar-refractivity contribution in [1.82, 2.24) is 15.3 Å².